The van der Waals surface area contributed by atoms with E-state index >= 15 is 0 Å². The van der Waals surface area contributed by atoms with Crippen molar-refractivity contribution in [2.45, 2.75) is 0 Å². The molecule has 0 atom stereocenters. The summed E-state index contributed by atoms with van der Waals surface area (Å²) in [6.07, 6.45) is 3.19. The van der Waals surface area contributed by atoms with Gasteiger partial charge in [-0.05, 0) is 28.1 Å². The number of hydrogen-bond donors (Lipinski definition) is 2. The average molecular weight is 314 g/mol. The molecule has 2 aromatic rings. The largest absolute Gasteiger partial charge is 0.387 e. The lowest BCUT2D eigenvalue weighted by atomic mass is 10.2. The van der Waals surface area contributed by atoms with Crippen molar-refractivity contribution < 1.29 is 8.78 Å². The molecule has 6 heteroatoms. The highest BCUT2D eigenvalue weighted by molar-refractivity contribution is 9.10. The molecule has 0 radical (unpaired) electrons. The summed E-state index contributed by atoms with van der Waals surface area (Å²) >= 11 is 3.01. The van der Waals surface area contributed by atoms with Crippen LogP contribution in [0, 0.1) is 11.6 Å². The minimum absolute atomic E-state index is 0.179. The van der Waals surface area contributed by atoms with E-state index in [0.717, 1.165) is 11.8 Å². The fourth-order valence-electron chi connectivity index (χ4n) is 1.42. The maximum Gasteiger partial charge on any atom is 0.149 e. The molecule has 2 rings (SSSR count). The van der Waals surface area contributed by atoms with Gasteiger partial charge in [0.1, 0.15) is 11.6 Å². The normalized spacial score (nSPS) is 10.2. The maximum atomic E-state index is 13.5. The smallest absolute Gasteiger partial charge is 0.149 e. The van der Waals surface area contributed by atoms with Crippen molar-refractivity contribution in [3.05, 3.63) is 46.7 Å². The van der Waals surface area contributed by atoms with Crippen molar-refractivity contribution in [2.24, 2.45) is 0 Å². The fraction of sp³-hybridized carbons (Fsp3) is 0.0833. The van der Waals surface area contributed by atoms with Gasteiger partial charge in [0.2, 0.25) is 0 Å². The molecule has 0 aliphatic carbocycles. The van der Waals surface area contributed by atoms with E-state index in [0.29, 0.717) is 5.69 Å². The van der Waals surface area contributed by atoms with Gasteiger partial charge in [-0.1, -0.05) is 0 Å². The van der Waals surface area contributed by atoms with Gasteiger partial charge in [0.05, 0.1) is 33.9 Å². The van der Waals surface area contributed by atoms with Crippen LogP contribution in [0.5, 0.6) is 0 Å². The summed E-state index contributed by atoms with van der Waals surface area (Å²) in [5, 5.41) is 5.76. The van der Waals surface area contributed by atoms with Crippen molar-refractivity contribution in [3.63, 3.8) is 0 Å². The highest BCUT2D eigenvalue weighted by Gasteiger charge is 2.08. The molecule has 1 aromatic carbocycles. The Bertz CT molecular complexity index is 575. The number of pyridine rings is 1. The standard InChI is InChI=1S/C12H10BrF2N3/c1-16-7-2-8(6-17-5-7)18-12-3-9(13)10(14)4-11(12)15/h2-6,16,18H,1H3. The van der Waals surface area contributed by atoms with Gasteiger partial charge < -0.3 is 10.6 Å². The number of nitrogens with one attached hydrogen (secondary N) is 2. The molecule has 0 bridgehead atoms. The number of anilines is 3. The third-order valence-corrected chi connectivity index (χ3v) is 2.92. The van der Waals surface area contributed by atoms with Crippen LogP contribution in [0.1, 0.15) is 0 Å². The van der Waals surface area contributed by atoms with Crippen molar-refractivity contribution >= 4 is 33.0 Å². The van der Waals surface area contributed by atoms with Crippen LogP contribution in [-0.2, 0) is 0 Å². The molecule has 3 nitrogen and oxygen atoms in total. The van der Waals surface area contributed by atoms with Crippen molar-refractivity contribution in [1.82, 2.24) is 4.98 Å². The zero-order valence-electron chi connectivity index (χ0n) is 9.47. The second-order valence-electron chi connectivity index (χ2n) is 3.58. The van der Waals surface area contributed by atoms with E-state index in [1.807, 2.05) is 0 Å². The lowest BCUT2D eigenvalue weighted by Crippen LogP contribution is -1.97. The molecule has 0 unspecified atom stereocenters. The van der Waals surface area contributed by atoms with E-state index < -0.39 is 11.6 Å². The second kappa shape index (κ2) is 5.30. The fourth-order valence-corrected chi connectivity index (χ4v) is 1.76. The third-order valence-electron chi connectivity index (χ3n) is 2.32. The molecule has 94 valence electrons. The number of benzene rings is 1. The minimum atomic E-state index is -0.662. The van der Waals surface area contributed by atoms with Gasteiger partial charge in [-0.3, -0.25) is 4.98 Å². The lowest BCUT2D eigenvalue weighted by Gasteiger charge is -2.09. The number of rotatable bonds is 3. The van der Waals surface area contributed by atoms with E-state index in [1.165, 1.54) is 6.07 Å². The number of halogens is 3. The van der Waals surface area contributed by atoms with Crippen LogP contribution in [0.2, 0.25) is 0 Å². The first kappa shape index (κ1) is 12.8. The second-order valence-corrected chi connectivity index (χ2v) is 4.44. The van der Waals surface area contributed by atoms with Gasteiger partial charge >= 0.3 is 0 Å². The Kier molecular flexibility index (Phi) is 3.76. The number of aromatic nitrogens is 1. The molecule has 1 aromatic heterocycles. The Hall–Kier alpha value is -1.69. The summed E-state index contributed by atoms with van der Waals surface area (Å²) in [5.74, 6) is -1.30. The van der Waals surface area contributed by atoms with Gasteiger partial charge in [-0.15, -0.1) is 0 Å². The molecule has 0 aliphatic heterocycles. The van der Waals surface area contributed by atoms with Crippen molar-refractivity contribution in [1.29, 1.82) is 0 Å². The molecule has 0 fully saturated rings. The Morgan fingerprint density at radius 3 is 2.50 bits per heavy atom. The zero-order chi connectivity index (χ0) is 13.1. The van der Waals surface area contributed by atoms with Crippen molar-refractivity contribution in [2.75, 3.05) is 17.7 Å². The molecule has 0 saturated heterocycles. The Labute approximate surface area is 111 Å². The van der Waals surface area contributed by atoms with E-state index in [9.17, 15) is 8.78 Å². The van der Waals surface area contributed by atoms with E-state index in [4.69, 9.17) is 0 Å². The van der Waals surface area contributed by atoms with E-state index in [-0.39, 0.29) is 10.2 Å². The zero-order valence-corrected chi connectivity index (χ0v) is 11.1. The van der Waals surface area contributed by atoms with E-state index in [1.54, 1.807) is 25.5 Å². The van der Waals surface area contributed by atoms with Crippen LogP contribution < -0.4 is 10.6 Å². The van der Waals surface area contributed by atoms with Gasteiger partial charge in [-0.25, -0.2) is 8.78 Å². The highest BCUT2D eigenvalue weighted by atomic mass is 79.9. The van der Waals surface area contributed by atoms with Gasteiger partial charge in [0, 0.05) is 13.1 Å². The summed E-state index contributed by atoms with van der Waals surface area (Å²) in [4.78, 5) is 3.99. The summed E-state index contributed by atoms with van der Waals surface area (Å²) in [5.41, 5.74) is 1.58. The Balaban J connectivity index is 2.30. The topological polar surface area (TPSA) is 37.0 Å². The van der Waals surface area contributed by atoms with Gasteiger partial charge in [-0.2, -0.15) is 0 Å². The molecule has 0 amide bonds. The predicted octanol–water partition coefficient (Wildman–Crippen LogP) is 3.91. The molecule has 1 heterocycles. The lowest BCUT2D eigenvalue weighted by molar-refractivity contribution is 0.581. The molecular weight excluding hydrogens is 304 g/mol. The van der Waals surface area contributed by atoms with Gasteiger partial charge in [0.15, 0.2) is 0 Å². The Morgan fingerprint density at radius 2 is 1.78 bits per heavy atom. The first-order valence-corrected chi connectivity index (χ1v) is 5.94. The van der Waals surface area contributed by atoms with Gasteiger partial charge in [0.25, 0.3) is 0 Å². The molecule has 0 saturated carbocycles. The quantitative estimate of drug-likeness (QED) is 0.844. The van der Waals surface area contributed by atoms with E-state index in [2.05, 4.69) is 31.5 Å². The van der Waals surface area contributed by atoms with Crippen LogP contribution in [0.25, 0.3) is 0 Å². The number of nitrogens with zero attached hydrogens (tertiary/aromatic N) is 1. The van der Waals surface area contributed by atoms with Crippen LogP contribution in [-0.4, -0.2) is 12.0 Å². The first-order chi connectivity index (χ1) is 8.60. The molecule has 18 heavy (non-hydrogen) atoms. The molecule has 0 aliphatic rings. The van der Waals surface area contributed by atoms with Crippen LogP contribution in [0.15, 0.2) is 35.1 Å². The van der Waals surface area contributed by atoms with Crippen molar-refractivity contribution in [3.8, 4) is 0 Å². The van der Waals surface area contributed by atoms with Crippen LogP contribution in [0.4, 0.5) is 25.8 Å². The maximum absolute atomic E-state index is 13.5. The number of hydrogen-bond acceptors (Lipinski definition) is 3. The molecule has 0 spiro atoms. The molecule has 2 N–H and O–H groups in total. The van der Waals surface area contributed by atoms with Crippen LogP contribution in [0.3, 0.4) is 0 Å². The highest BCUT2D eigenvalue weighted by Crippen LogP contribution is 2.26. The van der Waals surface area contributed by atoms with Crippen LogP contribution >= 0.6 is 15.9 Å². The molecular formula is C12H10BrF2N3. The average Bonchev–Trinajstić information content (AvgIpc) is 2.36. The monoisotopic (exact) mass is 313 g/mol. The summed E-state index contributed by atoms with van der Waals surface area (Å²) in [6, 6.07) is 3.93. The first-order valence-electron chi connectivity index (χ1n) is 5.14. The summed E-state index contributed by atoms with van der Waals surface area (Å²) < 4.78 is 26.8. The summed E-state index contributed by atoms with van der Waals surface area (Å²) in [7, 11) is 1.76. The predicted molar refractivity (Wildman–Crippen MR) is 71.1 cm³/mol. The Morgan fingerprint density at radius 1 is 1.06 bits per heavy atom. The third kappa shape index (κ3) is 2.76. The summed E-state index contributed by atoms with van der Waals surface area (Å²) in [6.45, 7) is 0. The minimum Gasteiger partial charge on any atom is -0.387 e. The SMILES string of the molecule is CNc1cncc(Nc2cc(Br)c(F)cc2F)c1.